The van der Waals surface area contributed by atoms with Crippen LogP contribution in [0.4, 0.5) is 0 Å². The van der Waals surface area contributed by atoms with Gasteiger partial charge in [-0.25, -0.2) is 0 Å². The fourth-order valence-corrected chi connectivity index (χ4v) is 3.16. The zero-order valence-electron chi connectivity index (χ0n) is 10.7. The molecular weight excluding hydrogens is 200 g/mol. The third kappa shape index (κ3) is 2.41. The number of fused-ring (bicyclic) bond motifs is 1. The van der Waals surface area contributed by atoms with Crippen molar-refractivity contribution < 1.29 is 4.74 Å². The summed E-state index contributed by atoms with van der Waals surface area (Å²) in [6.45, 7) is 7.37. The van der Waals surface area contributed by atoms with Crippen LogP contribution in [-0.2, 0) is 4.74 Å². The number of morpholine rings is 1. The monoisotopic (exact) mass is 226 g/mol. The minimum atomic E-state index is 0.495. The second-order valence-corrected chi connectivity index (χ2v) is 5.45. The zero-order valence-corrected chi connectivity index (χ0v) is 10.7. The number of hydrogen-bond donors (Lipinski definition) is 1. The quantitative estimate of drug-likeness (QED) is 0.794. The largest absolute Gasteiger partial charge is 0.375 e. The van der Waals surface area contributed by atoms with Crippen LogP contribution in [0.25, 0.3) is 0 Å². The Hall–Kier alpha value is -0.120. The Kier molecular flexibility index (Phi) is 4.22. The molecule has 1 aliphatic heterocycles. The Balaban J connectivity index is 2.01. The van der Waals surface area contributed by atoms with Crippen molar-refractivity contribution in [3.63, 3.8) is 0 Å². The first kappa shape index (κ1) is 12.3. The van der Waals surface area contributed by atoms with Gasteiger partial charge in [0.05, 0.1) is 12.7 Å². The third-order valence-corrected chi connectivity index (χ3v) is 4.49. The molecule has 0 radical (unpaired) electrons. The Bertz CT molecular complexity index is 220. The number of nitrogens with zero attached hydrogens (tertiary/aromatic N) is 1. The van der Waals surface area contributed by atoms with Crippen molar-refractivity contribution in [2.45, 2.75) is 57.7 Å². The highest BCUT2D eigenvalue weighted by molar-refractivity contribution is 4.90. The van der Waals surface area contributed by atoms with E-state index in [1.165, 1.54) is 25.7 Å². The van der Waals surface area contributed by atoms with Crippen LogP contribution in [0.2, 0.25) is 0 Å². The number of rotatable bonds is 3. The molecule has 4 unspecified atom stereocenters. The third-order valence-electron chi connectivity index (χ3n) is 4.49. The van der Waals surface area contributed by atoms with Crippen molar-refractivity contribution in [1.29, 1.82) is 0 Å². The molecule has 94 valence electrons. The van der Waals surface area contributed by atoms with Crippen LogP contribution in [0.1, 0.15) is 39.5 Å². The SMILES string of the molecule is CC(CN)C(C)N1CCOC2CCCCC21. The summed E-state index contributed by atoms with van der Waals surface area (Å²) in [4.78, 5) is 2.66. The van der Waals surface area contributed by atoms with E-state index in [9.17, 15) is 0 Å². The van der Waals surface area contributed by atoms with Gasteiger partial charge in [-0.3, -0.25) is 4.90 Å². The standard InChI is InChI=1S/C13H26N2O/c1-10(9-14)11(2)15-7-8-16-13-6-4-3-5-12(13)15/h10-13H,3-9,14H2,1-2H3. The van der Waals surface area contributed by atoms with Crippen LogP contribution < -0.4 is 5.73 Å². The number of nitrogens with two attached hydrogens (primary N) is 1. The lowest BCUT2D eigenvalue weighted by molar-refractivity contribution is -0.106. The molecule has 3 heteroatoms. The van der Waals surface area contributed by atoms with Crippen LogP contribution in [0.3, 0.4) is 0 Å². The van der Waals surface area contributed by atoms with E-state index < -0.39 is 0 Å². The van der Waals surface area contributed by atoms with Gasteiger partial charge in [0.1, 0.15) is 0 Å². The molecule has 1 heterocycles. The highest BCUT2D eigenvalue weighted by Gasteiger charge is 2.37. The van der Waals surface area contributed by atoms with Gasteiger partial charge in [0, 0.05) is 18.6 Å². The van der Waals surface area contributed by atoms with Gasteiger partial charge in [0.2, 0.25) is 0 Å². The molecule has 0 bridgehead atoms. The Morgan fingerprint density at radius 1 is 1.31 bits per heavy atom. The molecule has 1 saturated carbocycles. The summed E-state index contributed by atoms with van der Waals surface area (Å²) in [5.41, 5.74) is 5.79. The molecule has 16 heavy (non-hydrogen) atoms. The molecule has 2 rings (SSSR count). The molecule has 4 atom stereocenters. The molecule has 0 aromatic rings. The molecule has 2 fully saturated rings. The lowest BCUT2D eigenvalue weighted by atomic mass is 9.88. The Labute approximate surface area is 99.3 Å². The van der Waals surface area contributed by atoms with E-state index in [1.807, 2.05) is 0 Å². The van der Waals surface area contributed by atoms with Crippen LogP contribution in [0.15, 0.2) is 0 Å². The van der Waals surface area contributed by atoms with E-state index in [4.69, 9.17) is 10.5 Å². The van der Waals surface area contributed by atoms with Crippen molar-refractivity contribution in [2.24, 2.45) is 11.7 Å². The van der Waals surface area contributed by atoms with Gasteiger partial charge in [0.15, 0.2) is 0 Å². The van der Waals surface area contributed by atoms with Gasteiger partial charge in [-0.15, -0.1) is 0 Å². The van der Waals surface area contributed by atoms with Crippen molar-refractivity contribution in [1.82, 2.24) is 4.90 Å². The molecule has 0 spiro atoms. The number of hydrogen-bond acceptors (Lipinski definition) is 3. The van der Waals surface area contributed by atoms with E-state index in [2.05, 4.69) is 18.7 Å². The number of ether oxygens (including phenoxy) is 1. The predicted octanol–water partition coefficient (Wildman–Crippen LogP) is 1.61. The zero-order chi connectivity index (χ0) is 11.5. The molecule has 2 aliphatic rings. The van der Waals surface area contributed by atoms with E-state index >= 15 is 0 Å². The molecular formula is C13H26N2O. The molecule has 0 amide bonds. The fourth-order valence-electron chi connectivity index (χ4n) is 3.16. The minimum Gasteiger partial charge on any atom is -0.375 e. The predicted molar refractivity (Wildman–Crippen MR) is 66.4 cm³/mol. The van der Waals surface area contributed by atoms with Crippen LogP contribution in [0.5, 0.6) is 0 Å². The average Bonchev–Trinajstić information content (AvgIpc) is 2.36. The normalized spacial score (nSPS) is 35.4. The van der Waals surface area contributed by atoms with Gasteiger partial charge >= 0.3 is 0 Å². The van der Waals surface area contributed by atoms with Gasteiger partial charge in [-0.2, -0.15) is 0 Å². The van der Waals surface area contributed by atoms with Gasteiger partial charge < -0.3 is 10.5 Å². The summed E-state index contributed by atoms with van der Waals surface area (Å²) in [5.74, 6) is 0.584. The van der Waals surface area contributed by atoms with Crippen molar-refractivity contribution in [3.05, 3.63) is 0 Å². The van der Waals surface area contributed by atoms with Crippen LogP contribution in [-0.4, -0.2) is 42.8 Å². The van der Waals surface area contributed by atoms with Crippen molar-refractivity contribution in [2.75, 3.05) is 19.7 Å². The summed E-state index contributed by atoms with van der Waals surface area (Å²) in [6.07, 6.45) is 5.77. The minimum absolute atomic E-state index is 0.495. The van der Waals surface area contributed by atoms with Gasteiger partial charge in [-0.05, 0) is 32.2 Å². The smallest absolute Gasteiger partial charge is 0.0731 e. The first-order valence-electron chi connectivity index (χ1n) is 6.81. The molecule has 1 saturated heterocycles. The second kappa shape index (κ2) is 5.48. The average molecular weight is 226 g/mol. The Morgan fingerprint density at radius 2 is 2.06 bits per heavy atom. The molecule has 2 N–H and O–H groups in total. The van der Waals surface area contributed by atoms with Gasteiger partial charge in [-0.1, -0.05) is 19.8 Å². The van der Waals surface area contributed by atoms with E-state index in [0.29, 0.717) is 24.1 Å². The summed E-state index contributed by atoms with van der Waals surface area (Å²) in [5, 5.41) is 0. The summed E-state index contributed by atoms with van der Waals surface area (Å²) >= 11 is 0. The lowest BCUT2D eigenvalue weighted by Gasteiger charge is -2.47. The van der Waals surface area contributed by atoms with E-state index in [-0.39, 0.29) is 0 Å². The molecule has 0 aromatic carbocycles. The second-order valence-electron chi connectivity index (χ2n) is 5.45. The summed E-state index contributed by atoms with van der Waals surface area (Å²) in [6, 6.07) is 1.26. The molecule has 0 aromatic heterocycles. The highest BCUT2D eigenvalue weighted by Crippen LogP contribution is 2.30. The maximum atomic E-state index is 5.90. The summed E-state index contributed by atoms with van der Waals surface area (Å²) < 4.78 is 5.90. The maximum Gasteiger partial charge on any atom is 0.0731 e. The van der Waals surface area contributed by atoms with Crippen LogP contribution >= 0.6 is 0 Å². The van der Waals surface area contributed by atoms with E-state index in [1.54, 1.807) is 0 Å². The van der Waals surface area contributed by atoms with Crippen molar-refractivity contribution in [3.8, 4) is 0 Å². The first-order chi connectivity index (χ1) is 7.74. The Morgan fingerprint density at radius 3 is 2.81 bits per heavy atom. The van der Waals surface area contributed by atoms with Crippen molar-refractivity contribution >= 4 is 0 Å². The van der Waals surface area contributed by atoms with Gasteiger partial charge in [0.25, 0.3) is 0 Å². The molecule has 3 nitrogen and oxygen atoms in total. The fraction of sp³-hybridized carbons (Fsp3) is 1.00. The molecule has 1 aliphatic carbocycles. The van der Waals surface area contributed by atoms with E-state index in [0.717, 1.165) is 19.7 Å². The maximum absolute atomic E-state index is 5.90. The first-order valence-corrected chi connectivity index (χ1v) is 6.81. The lowest BCUT2D eigenvalue weighted by Crippen LogP contribution is -2.57. The summed E-state index contributed by atoms with van der Waals surface area (Å²) in [7, 11) is 0. The highest BCUT2D eigenvalue weighted by atomic mass is 16.5. The topological polar surface area (TPSA) is 38.5 Å². The van der Waals surface area contributed by atoms with Crippen LogP contribution in [0, 0.1) is 5.92 Å².